The lowest BCUT2D eigenvalue weighted by atomic mass is 9.93. The third-order valence-electron chi connectivity index (χ3n) is 4.92. The van der Waals surface area contributed by atoms with Gasteiger partial charge in [-0.25, -0.2) is 0 Å². The molecule has 1 aromatic heterocycles. The summed E-state index contributed by atoms with van der Waals surface area (Å²) >= 11 is 0. The molecule has 108 valence electrons. The van der Waals surface area contributed by atoms with Gasteiger partial charge in [-0.05, 0) is 32.2 Å². The molecule has 2 atom stereocenters. The Morgan fingerprint density at radius 3 is 2.67 bits per heavy atom. The molecular formula is C18H21N3. The number of likely N-dealkylation sites (tertiary alicyclic amines) is 1. The minimum absolute atomic E-state index is 0.751. The predicted molar refractivity (Wildman–Crippen MR) is 86.5 cm³/mol. The fraction of sp³-hybridized carbons (Fsp3) is 0.389. The molecule has 0 amide bonds. The van der Waals surface area contributed by atoms with Crippen molar-refractivity contribution in [2.75, 3.05) is 31.6 Å². The highest BCUT2D eigenvalue weighted by molar-refractivity contribution is 5.62. The third-order valence-corrected chi connectivity index (χ3v) is 4.92. The molecular weight excluding hydrogens is 258 g/mol. The van der Waals surface area contributed by atoms with Crippen LogP contribution in [0.15, 0.2) is 42.6 Å². The van der Waals surface area contributed by atoms with Gasteiger partial charge in [0.15, 0.2) is 0 Å². The van der Waals surface area contributed by atoms with Crippen LogP contribution in [0.25, 0.3) is 11.3 Å². The number of hydrogen-bond acceptors (Lipinski definition) is 3. The number of hydrogen-bond donors (Lipinski definition) is 0. The normalized spacial score (nSPS) is 24.8. The van der Waals surface area contributed by atoms with Crippen LogP contribution in [0.4, 0.5) is 5.69 Å². The Bertz CT molecular complexity index is 650. The molecule has 1 aromatic carbocycles. The molecule has 3 heteroatoms. The number of aromatic nitrogens is 1. The molecule has 0 aliphatic carbocycles. The van der Waals surface area contributed by atoms with E-state index in [2.05, 4.69) is 65.2 Å². The SMILES string of the molecule is Cc1cccc(-c2ccc(N3C[C@H]4CN(C)[C@H]4C3)cn2)c1. The zero-order valence-electron chi connectivity index (χ0n) is 12.7. The van der Waals surface area contributed by atoms with Crippen LogP contribution in [-0.2, 0) is 0 Å². The number of nitrogens with zero attached hydrogens (tertiary/aromatic N) is 3. The van der Waals surface area contributed by atoms with Gasteiger partial charge in [-0.2, -0.15) is 0 Å². The van der Waals surface area contributed by atoms with E-state index in [9.17, 15) is 0 Å². The molecule has 2 saturated heterocycles. The topological polar surface area (TPSA) is 19.4 Å². The zero-order valence-corrected chi connectivity index (χ0v) is 12.7. The van der Waals surface area contributed by atoms with E-state index in [-0.39, 0.29) is 0 Å². The van der Waals surface area contributed by atoms with Crippen molar-refractivity contribution in [3.63, 3.8) is 0 Å². The van der Waals surface area contributed by atoms with Crippen LogP contribution in [0.3, 0.4) is 0 Å². The molecule has 0 radical (unpaired) electrons. The molecule has 4 rings (SSSR count). The van der Waals surface area contributed by atoms with E-state index in [1.807, 2.05) is 6.20 Å². The Labute approximate surface area is 126 Å². The van der Waals surface area contributed by atoms with Gasteiger partial charge in [-0.15, -0.1) is 0 Å². The van der Waals surface area contributed by atoms with Crippen LogP contribution in [0, 0.1) is 12.8 Å². The Morgan fingerprint density at radius 2 is 2.00 bits per heavy atom. The van der Waals surface area contributed by atoms with Gasteiger partial charge in [0.25, 0.3) is 0 Å². The van der Waals surface area contributed by atoms with Crippen molar-refractivity contribution in [1.82, 2.24) is 9.88 Å². The van der Waals surface area contributed by atoms with Gasteiger partial charge in [0.2, 0.25) is 0 Å². The minimum atomic E-state index is 0.751. The van der Waals surface area contributed by atoms with Gasteiger partial charge >= 0.3 is 0 Å². The number of likely N-dealkylation sites (N-methyl/N-ethyl adjacent to an activating group) is 1. The molecule has 0 spiro atoms. The molecule has 21 heavy (non-hydrogen) atoms. The number of pyridine rings is 1. The standard InChI is InChI=1S/C18H21N3/c1-13-4-3-5-14(8-13)17-7-6-16(9-19-17)21-11-15-10-20(2)18(15)12-21/h3-9,15,18H,10-12H2,1-2H3/t15-,18+/m1/s1. The van der Waals surface area contributed by atoms with E-state index < -0.39 is 0 Å². The quantitative estimate of drug-likeness (QED) is 0.842. The smallest absolute Gasteiger partial charge is 0.0703 e. The van der Waals surface area contributed by atoms with Crippen LogP contribution in [-0.4, -0.2) is 42.6 Å². The molecule has 3 heterocycles. The second-order valence-electron chi connectivity index (χ2n) is 6.44. The van der Waals surface area contributed by atoms with E-state index in [0.29, 0.717) is 0 Å². The summed E-state index contributed by atoms with van der Waals surface area (Å²) in [4.78, 5) is 9.60. The first-order chi connectivity index (χ1) is 10.2. The lowest BCUT2D eigenvalue weighted by Crippen LogP contribution is -2.52. The second kappa shape index (κ2) is 4.85. The Morgan fingerprint density at radius 1 is 1.10 bits per heavy atom. The van der Waals surface area contributed by atoms with Gasteiger partial charge in [0, 0.05) is 37.2 Å². The zero-order chi connectivity index (χ0) is 14.4. The van der Waals surface area contributed by atoms with E-state index in [1.54, 1.807) is 0 Å². The Balaban J connectivity index is 1.54. The molecule has 2 aliphatic rings. The third kappa shape index (κ3) is 2.22. The molecule has 3 nitrogen and oxygen atoms in total. The van der Waals surface area contributed by atoms with Crippen molar-refractivity contribution in [2.45, 2.75) is 13.0 Å². The lowest BCUT2D eigenvalue weighted by Gasteiger charge is -2.40. The second-order valence-corrected chi connectivity index (χ2v) is 6.44. The maximum atomic E-state index is 4.67. The first kappa shape index (κ1) is 12.8. The van der Waals surface area contributed by atoms with E-state index in [0.717, 1.165) is 24.2 Å². The summed E-state index contributed by atoms with van der Waals surface area (Å²) in [6.07, 6.45) is 2.03. The first-order valence-corrected chi connectivity index (χ1v) is 7.69. The first-order valence-electron chi connectivity index (χ1n) is 7.69. The maximum Gasteiger partial charge on any atom is 0.0703 e. The molecule has 0 bridgehead atoms. The van der Waals surface area contributed by atoms with E-state index >= 15 is 0 Å². The number of benzene rings is 1. The summed E-state index contributed by atoms with van der Waals surface area (Å²) in [5.74, 6) is 0.853. The molecule has 0 saturated carbocycles. The number of anilines is 1. The van der Waals surface area contributed by atoms with Crippen molar-refractivity contribution < 1.29 is 0 Å². The number of rotatable bonds is 2. The number of fused-ring (bicyclic) bond motifs is 1. The molecule has 2 aliphatic heterocycles. The molecule has 2 aromatic rings. The van der Waals surface area contributed by atoms with Gasteiger partial charge in [0.1, 0.15) is 0 Å². The summed E-state index contributed by atoms with van der Waals surface area (Å²) in [7, 11) is 2.23. The fourth-order valence-electron chi connectivity index (χ4n) is 3.66. The highest BCUT2D eigenvalue weighted by Crippen LogP contribution is 2.33. The van der Waals surface area contributed by atoms with E-state index in [1.165, 1.54) is 29.9 Å². The average molecular weight is 279 g/mol. The van der Waals surface area contributed by atoms with E-state index in [4.69, 9.17) is 0 Å². The molecule has 0 unspecified atom stereocenters. The van der Waals surface area contributed by atoms with Crippen LogP contribution in [0.5, 0.6) is 0 Å². The summed E-state index contributed by atoms with van der Waals surface area (Å²) < 4.78 is 0. The van der Waals surface area contributed by atoms with Crippen molar-refractivity contribution in [3.8, 4) is 11.3 Å². The molecule has 0 N–H and O–H groups in total. The van der Waals surface area contributed by atoms with Crippen molar-refractivity contribution in [1.29, 1.82) is 0 Å². The van der Waals surface area contributed by atoms with Crippen LogP contribution in [0.2, 0.25) is 0 Å². The summed E-state index contributed by atoms with van der Waals surface area (Å²) in [6.45, 7) is 5.69. The van der Waals surface area contributed by atoms with Gasteiger partial charge in [0.05, 0.1) is 17.6 Å². The van der Waals surface area contributed by atoms with Crippen molar-refractivity contribution in [2.24, 2.45) is 5.92 Å². The monoisotopic (exact) mass is 279 g/mol. The summed E-state index contributed by atoms with van der Waals surface area (Å²) in [6, 6.07) is 13.6. The molecule has 2 fully saturated rings. The van der Waals surface area contributed by atoms with Crippen LogP contribution in [0.1, 0.15) is 5.56 Å². The summed E-state index contributed by atoms with van der Waals surface area (Å²) in [5.41, 5.74) is 4.79. The highest BCUT2D eigenvalue weighted by Gasteiger charge is 2.43. The lowest BCUT2D eigenvalue weighted by molar-refractivity contribution is 0.0827. The van der Waals surface area contributed by atoms with Gasteiger partial charge < -0.3 is 9.80 Å². The summed E-state index contributed by atoms with van der Waals surface area (Å²) in [5, 5.41) is 0. The Hall–Kier alpha value is -1.87. The predicted octanol–water partition coefficient (Wildman–Crippen LogP) is 2.81. The van der Waals surface area contributed by atoms with Crippen molar-refractivity contribution >= 4 is 5.69 Å². The Kier molecular flexibility index (Phi) is 2.96. The minimum Gasteiger partial charge on any atom is -0.368 e. The maximum absolute atomic E-state index is 4.67. The average Bonchev–Trinajstić information content (AvgIpc) is 2.85. The van der Waals surface area contributed by atoms with Crippen LogP contribution < -0.4 is 4.90 Å². The van der Waals surface area contributed by atoms with Gasteiger partial charge in [-0.3, -0.25) is 4.98 Å². The fourth-order valence-corrected chi connectivity index (χ4v) is 3.66. The van der Waals surface area contributed by atoms with Crippen LogP contribution >= 0.6 is 0 Å². The van der Waals surface area contributed by atoms with Crippen molar-refractivity contribution in [3.05, 3.63) is 48.2 Å². The highest BCUT2D eigenvalue weighted by atomic mass is 15.3. The number of aryl methyl sites for hydroxylation is 1. The largest absolute Gasteiger partial charge is 0.368 e. The van der Waals surface area contributed by atoms with Gasteiger partial charge in [-0.1, -0.05) is 23.8 Å².